The molecule has 0 saturated heterocycles. The van der Waals surface area contributed by atoms with Gasteiger partial charge >= 0.3 is 6.16 Å². The summed E-state index contributed by atoms with van der Waals surface area (Å²) >= 11 is 0. The highest BCUT2D eigenvalue weighted by molar-refractivity contribution is 5.87. The summed E-state index contributed by atoms with van der Waals surface area (Å²) in [6.45, 7) is 2.55. The Bertz CT molecular complexity index is 1070. The fourth-order valence-corrected chi connectivity index (χ4v) is 3.19. The molecule has 0 atom stereocenters. The topological polar surface area (TPSA) is 40.5 Å². The summed E-state index contributed by atoms with van der Waals surface area (Å²) in [6.07, 6.45) is -0.749. The van der Waals surface area contributed by atoms with E-state index in [1.165, 1.54) is 0 Å². The van der Waals surface area contributed by atoms with Crippen molar-refractivity contribution in [3.63, 3.8) is 0 Å². The number of nitrogens with zero attached hydrogens (tertiary/aromatic N) is 1. The molecular weight excluding hydrogens is 338 g/mol. The Kier molecular flexibility index (Phi) is 4.62. The fraction of sp³-hybridized carbons (Fsp3) is 0.0870. The van der Waals surface area contributed by atoms with Gasteiger partial charge in [-0.3, -0.25) is 0 Å². The van der Waals surface area contributed by atoms with Crippen molar-refractivity contribution in [2.24, 2.45) is 0 Å². The molecule has 0 aliphatic carbocycles. The predicted molar refractivity (Wildman–Crippen MR) is 105 cm³/mol. The molecule has 1 heterocycles. The van der Waals surface area contributed by atoms with E-state index in [2.05, 4.69) is 12.1 Å². The van der Waals surface area contributed by atoms with Crippen molar-refractivity contribution < 1.29 is 14.3 Å². The number of hydrogen-bond acceptors (Lipinski definition) is 3. The van der Waals surface area contributed by atoms with Crippen molar-refractivity contribution in [2.45, 2.75) is 13.5 Å². The van der Waals surface area contributed by atoms with E-state index >= 15 is 0 Å². The Morgan fingerprint density at radius 3 is 2.19 bits per heavy atom. The number of fused-ring (bicyclic) bond motifs is 1. The lowest BCUT2D eigenvalue weighted by Crippen LogP contribution is -2.16. The number of ether oxygens (including phenoxy) is 2. The average Bonchev–Trinajstić information content (AvgIpc) is 2.96. The summed E-state index contributed by atoms with van der Waals surface area (Å²) in [4.78, 5) is 12.4. The van der Waals surface area contributed by atoms with Gasteiger partial charge in [-0.2, -0.15) is 0 Å². The van der Waals surface area contributed by atoms with Crippen molar-refractivity contribution >= 4 is 17.1 Å². The monoisotopic (exact) mass is 357 g/mol. The second-order valence-corrected chi connectivity index (χ2v) is 6.29. The highest BCUT2D eigenvalue weighted by Gasteiger charge is 2.19. The van der Waals surface area contributed by atoms with Crippen LogP contribution in [0, 0.1) is 6.92 Å². The molecule has 4 heteroatoms. The molecule has 0 fully saturated rings. The molecule has 4 aromatic rings. The van der Waals surface area contributed by atoms with Crippen molar-refractivity contribution in [3.05, 3.63) is 96.1 Å². The molecule has 0 bridgehead atoms. The lowest BCUT2D eigenvalue weighted by atomic mass is 10.2. The number of aromatic nitrogens is 1. The van der Waals surface area contributed by atoms with Gasteiger partial charge in [-0.25, -0.2) is 4.79 Å². The molecule has 4 rings (SSSR count). The van der Waals surface area contributed by atoms with Crippen LogP contribution in [0.2, 0.25) is 0 Å². The van der Waals surface area contributed by atoms with Crippen LogP contribution < -0.4 is 9.47 Å². The van der Waals surface area contributed by atoms with Crippen LogP contribution in [-0.2, 0) is 6.54 Å². The second kappa shape index (κ2) is 7.38. The van der Waals surface area contributed by atoms with E-state index in [0.717, 1.165) is 22.0 Å². The Balaban J connectivity index is 1.69. The number of aryl methyl sites for hydroxylation is 1. The summed E-state index contributed by atoms with van der Waals surface area (Å²) in [7, 11) is 0. The van der Waals surface area contributed by atoms with Gasteiger partial charge in [-0.1, -0.05) is 66.7 Å². The molecule has 1 aromatic heterocycles. The van der Waals surface area contributed by atoms with Crippen LogP contribution in [0.3, 0.4) is 0 Å². The van der Waals surface area contributed by atoms with Gasteiger partial charge < -0.3 is 14.0 Å². The van der Waals surface area contributed by atoms with Gasteiger partial charge in [-0.15, -0.1) is 0 Å². The number of carbonyl (C=O) groups excluding carboxylic acids is 1. The zero-order chi connectivity index (χ0) is 18.6. The van der Waals surface area contributed by atoms with Crippen molar-refractivity contribution in [1.82, 2.24) is 4.57 Å². The van der Waals surface area contributed by atoms with Crippen LogP contribution >= 0.6 is 0 Å². The summed E-state index contributed by atoms with van der Waals surface area (Å²) in [5, 5.41) is 1.05. The minimum absolute atomic E-state index is 0.450. The molecule has 0 spiro atoms. The third kappa shape index (κ3) is 3.55. The Hall–Kier alpha value is -3.53. The summed E-state index contributed by atoms with van der Waals surface area (Å²) < 4.78 is 12.9. The van der Waals surface area contributed by atoms with Gasteiger partial charge in [0.1, 0.15) is 5.75 Å². The Morgan fingerprint density at radius 2 is 1.44 bits per heavy atom. The smallest absolute Gasteiger partial charge is 0.395 e. The predicted octanol–water partition coefficient (Wildman–Crippen LogP) is 5.58. The van der Waals surface area contributed by atoms with E-state index in [-0.39, 0.29) is 0 Å². The van der Waals surface area contributed by atoms with Crippen LogP contribution in [0.1, 0.15) is 11.1 Å². The maximum Gasteiger partial charge on any atom is 0.520 e. The number of hydrogen-bond donors (Lipinski definition) is 0. The van der Waals surface area contributed by atoms with E-state index in [1.54, 1.807) is 24.3 Å². The molecule has 0 radical (unpaired) electrons. The van der Waals surface area contributed by atoms with Crippen molar-refractivity contribution in [3.8, 4) is 11.6 Å². The second-order valence-electron chi connectivity index (χ2n) is 6.29. The third-order valence-electron chi connectivity index (χ3n) is 4.47. The zero-order valence-electron chi connectivity index (χ0n) is 15.0. The summed E-state index contributed by atoms with van der Waals surface area (Å²) in [5.41, 5.74) is 3.05. The number of rotatable bonds is 4. The molecule has 0 amide bonds. The van der Waals surface area contributed by atoms with Crippen LogP contribution in [0.15, 0.2) is 84.9 Å². The quantitative estimate of drug-likeness (QED) is 0.354. The van der Waals surface area contributed by atoms with Gasteiger partial charge in [0.15, 0.2) is 0 Å². The number of carbonyl (C=O) groups is 1. The van der Waals surface area contributed by atoms with E-state index in [1.807, 2.05) is 60.0 Å². The largest absolute Gasteiger partial charge is 0.520 e. The molecule has 0 saturated carbocycles. The van der Waals surface area contributed by atoms with E-state index in [9.17, 15) is 4.79 Å². The lowest BCUT2D eigenvalue weighted by molar-refractivity contribution is 0.148. The van der Waals surface area contributed by atoms with Gasteiger partial charge in [0.2, 0.25) is 5.88 Å². The zero-order valence-corrected chi connectivity index (χ0v) is 15.0. The van der Waals surface area contributed by atoms with Crippen molar-refractivity contribution in [2.75, 3.05) is 0 Å². The molecule has 0 N–H and O–H groups in total. The first-order valence-electron chi connectivity index (χ1n) is 8.79. The van der Waals surface area contributed by atoms with Crippen LogP contribution in [0.25, 0.3) is 10.9 Å². The number of para-hydroxylation sites is 2. The Morgan fingerprint density at radius 1 is 0.815 bits per heavy atom. The number of benzene rings is 3. The van der Waals surface area contributed by atoms with Gasteiger partial charge in [0.05, 0.1) is 12.1 Å². The van der Waals surface area contributed by atoms with E-state index in [4.69, 9.17) is 9.47 Å². The van der Waals surface area contributed by atoms with Gasteiger partial charge in [-0.05, 0) is 30.7 Å². The molecule has 0 aliphatic heterocycles. The SMILES string of the molecule is Cc1c(OC(=O)Oc2ccccc2)n(Cc2ccccc2)c2ccccc12. The highest BCUT2D eigenvalue weighted by atomic mass is 16.7. The third-order valence-corrected chi connectivity index (χ3v) is 4.47. The first-order valence-corrected chi connectivity index (χ1v) is 8.79. The molecular formula is C23H19NO3. The van der Waals surface area contributed by atoms with Crippen molar-refractivity contribution in [1.29, 1.82) is 0 Å². The highest BCUT2D eigenvalue weighted by Crippen LogP contribution is 2.32. The van der Waals surface area contributed by atoms with Crippen LogP contribution in [0.4, 0.5) is 4.79 Å². The maximum atomic E-state index is 12.4. The first kappa shape index (κ1) is 16.9. The summed E-state index contributed by atoms with van der Waals surface area (Å²) in [5.74, 6) is 0.951. The maximum absolute atomic E-state index is 12.4. The minimum atomic E-state index is -0.749. The summed E-state index contributed by atoms with van der Waals surface area (Å²) in [6, 6.07) is 27.0. The Labute approximate surface area is 157 Å². The van der Waals surface area contributed by atoms with Crippen LogP contribution in [-0.4, -0.2) is 10.7 Å². The molecule has 3 aromatic carbocycles. The van der Waals surface area contributed by atoms with Crippen LogP contribution in [0.5, 0.6) is 11.6 Å². The van der Waals surface area contributed by atoms with Gasteiger partial charge in [0.25, 0.3) is 0 Å². The first-order chi connectivity index (χ1) is 13.2. The molecule has 0 unspecified atom stereocenters. The molecule has 134 valence electrons. The average molecular weight is 357 g/mol. The van der Waals surface area contributed by atoms with E-state index < -0.39 is 6.16 Å². The fourth-order valence-electron chi connectivity index (χ4n) is 3.19. The standard InChI is InChI=1S/C23H19NO3/c1-17-20-14-8-9-15-21(20)24(16-18-10-4-2-5-11-18)22(17)27-23(25)26-19-12-6-3-7-13-19/h2-15H,16H2,1H3. The molecule has 27 heavy (non-hydrogen) atoms. The normalized spacial score (nSPS) is 10.7. The van der Waals surface area contributed by atoms with Gasteiger partial charge in [0, 0.05) is 10.9 Å². The van der Waals surface area contributed by atoms with E-state index in [0.29, 0.717) is 18.2 Å². The lowest BCUT2D eigenvalue weighted by Gasteiger charge is -2.12. The molecule has 0 aliphatic rings. The molecule has 4 nitrogen and oxygen atoms in total. The minimum Gasteiger partial charge on any atom is -0.395 e.